The number of carbonyl (C=O) groups is 2. The highest BCUT2D eigenvalue weighted by Crippen LogP contribution is 2.27. The molecular formula is C22H22FN5O2. The first-order valence-corrected chi connectivity index (χ1v) is 9.80. The maximum atomic E-state index is 14.2. The van der Waals surface area contributed by atoms with Gasteiger partial charge in [-0.25, -0.2) is 9.07 Å². The minimum Gasteiger partial charge on any atom is -0.326 e. The second kappa shape index (κ2) is 8.06. The number of halogens is 1. The molecule has 0 aliphatic carbocycles. The van der Waals surface area contributed by atoms with Gasteiger partial charge in [-0.05, 0) is 50.6 Å². The summed E-state index contributed by atoms with van der Waals surface area (Å²) < 4.78 is 15.9. The van der Waals surface area contributed by atoms with Gasteiger partial charge in [0.05, 0.1) is 29.2 Å². The van der Waals surface area contributed by atoms with Crippen molar-refractivity contribution in [1.82, 2.24) is 15.0 Å². The van der Waals surface area contributed by atoms with E-state index in [0.717, 1.165) is 16.9 Å². The third-order valence-electron chi connectivity index (χ3n) is 5.19. The fraction of sp³-hybridized carbons (Fsp3) is 0.273. The number of nitrogens with one attached hydrogen (secondary N) is 1. The first-order valence-electron chi connectivity index (χ1n) is 9.80. The van der Waals surface area contributed by atoms with Crippen molar-refractivity contribution >= 4 is 23.2 Å². The summed E-state index contributed by atoms with van der Waals surface area (Å²) in [5, 5.41) is 11.1. The summed E-state index contributed by atoms with van der Waals surface area (Å²) >= 11 is 0. The van der Waals surface area contributed by atoms with Crippen molar-refractivity contribution in [3.05, 3.63) is 65.2 Å². The van der Waals surface area contributed by atoms with Crippen LogP contribution in [0.2, 0.25) is 0 Å². The number of aromatic nitrogens is 3. The Morgan fingerprint density at radius 1 is 1.17 bits per heavy atom. The lowest BCUT2D eigenvalue weighted by molar-refractivity contribution is -0.117. The Kier molecular flexibility index (Phi) is 5.31. The minimum absolute atomic E-state index is 0.0348. The molecule has 3 aromatic rings. The molecule has 1 aliphatic rings. The van der Waals surface area contributed by atoms with Gasteiger partial charge >= 0.3 is 0 Å². The van der Waals surface area contributed by atoms with Gasteiger partial charge < -0.3 is 10.2 Å². The molecule has 7 nitrogen and oxygen atoms in total. The van der Waals surface area contributed by atoms with Crippen molar-refractivity contribution in [1.29, 1.82) is 0 Å². The monoisotopic (exact) mass is 407 g/mol. The van der Waals surface area contributed by atoms with Gasteiger partial charge in [0.2, 0.25) is 11.8 Å². The molecule has 1 saturated heterocycles. The number of rotatable bonds is 5. The number of anilines is 2. The van der Waals surface area contributed by atoms with E-state index < -0.39 is 5.82 Å². The molecular weight excluding hydrogens is 385 g/mol. The number of nitrogens with zero attached hydrogens (tertiary/aromatic N) is 4. The first-order chi connectivity index (χ1) is 14.4. The fourth-order valence-corrected chi connectivity index (χ4v) is 3.51. The first kappa shape index (κ1) is 19.8. The van der Waals surface area contributed by atoms with Crippen LogP contribution in [0.3, 0.4) is 0 Å². The van der Waals surface area contributed by atoms with E-state index in [0.29, 0.717) is 30.8 Å². The molecule has 8 heteroatoms. The molecule has 1 fully saturated rings. The van der Waals surface area contributed by atoms with Gasteiger partial charge in [0.15, 0.2) is 0 Å². The molecule has 2 amide bonds. The molecule has 0 radical (unpaired) electrons. The predicted octanol–water partition coefficient (Wildman–Crippen LogP) is 3.33. The van der Waals surface area contributed by atoms with Gasteiger partial charge in [-0.15, -0.1) is 5.10 Å². The van der Waals surface area contributed by atoms with Crippen LogP contribution in [0.1, 0.15) is 29.8 Å². The second-order valence-corrected chi connectivity index (χ2v) is 7.41. The number of hydrogen-bond acceptors (Lipinski definition) is 4. The Bertz CT molecular complexity index is 1110. The molecule has 0 spiro atoms. The summed E-state index contributed by atoms with van der Waals surface area (Å²) in [6, 6.07) is 12.1. The Labute approximate surface area is 173 Å². The van der Waals surface area contributed by atoms with E-state index in [-0.39, 0.29) is 23.9 Å². The highest BCUT2D eigenvalue weighted by molar-refractivity contribution is 5.97. The molecule has 0 saturated carbocycles. The zero-order valence-corrected chi connectivity index (χ0v) is 16.9. The van der Waals surface area contributed by atoms with Crippen LogP contribution < -0.4 is 10.2 Å². The highest BCUT2D eigenvalue weighted by Gasteiger charge is 2.24. The molecule has 0 unspecified atom stereocenters. The summed E-state index contributed by atoms with van der Waals surface area (Å²) in [6.45, 7) is 4.35. The van der Waals surface area contributed by atoms with Crippen LogP contribution in [0.25, 0.3) is 5.69 Å². The van der Waals surface area contributed by atoms with Crippen LogP contribution in [0, 0.1) is 19.7 Å². The van der Waals surface area contributed by atoms with Crippen LogP contribution in [0.15, 0.2) is 42.5 Å². The SMILES string of the molecule is Cc1ccc(-n2nnc(CC(=O)Nc3ccc(F)c(N4CCCC4=O)c3)c2C)cc1. The van der Waals surface area contributed by atoms with Crippen molar-refractivity contribution in [3.8, 4) is 5.69 Å². The maximum Gasteiger partial charge on any atom is 0.230 e. The summed E-state index contributed by atoms with van der Waals surface area (Å²) in [5.74, 6) is -0.889. The lowest BCUT2D eigenvalue weighted by atomic mass is 10.2. The molecule has 30 heavy (non-hydrogen) atoms. The maximum absolute atomic E-state index is 14.2. The largest absolute Gasteiger partial charge is 0.326 e. The number of hydrogen-bond donors (Lipinski definition) is 1. The van der Waals surface area contributed by atoms with Gasteiger partial charge in [-0.1, -0.05) is 22.9 Å². The van der Waals surface area contributed by atoms with Gasteiger partial charge in [0.1, 0.15) is 5.82 Å². The van der Waals surface area contributed by atoms with Crippen molar-refractivity contribution in [3.63, 3.8) is 0 Å². The highest BCUT2D eigenvalue weighted by atomic mass is 19.1. The molecule has 0 atom stereocenters. The number of amides is 2. The predicted molar refractivity (Wildman–Crippen MR) is 111 cm³/mol. The molecule has 1 N–H and O–H groups in total. The van der Waals surface area contributed by atoms with Crippen LogP contribution >= 0.6 is 0 Å². The summed E-state index contributed by atoms with van der Waals surface area (Å²) in [5.41, 5.74) is 3.97. The molecule has 0 bridgehead atoms. The Hall–Kier alpha value is -3.55. The molecule has 2 heterocycles. The number of aryl methyl sites for hydroxylation is 1. The smallest absolute Gasteiger partial charge is 0.230 e. The average molecular weight is 407 g/mol. The van der Waals surface area contributed by atoms with Crippen molar-refractivity contribution in [2.75, 3.05) is 16.8 Å². The van der Waals surface area contributed by atoms with Crippen LogP contribution in [-0.2, 0) is 16.0 Å². The molecule has 4 rings (SSSR count). The van der Waals surface area contributed by atoms with E-state index >= 15 is 0 Å². The van der Waals surface area contributed by atoms with Gasteiger partial charge in [-0.2, -0.15) is 0 Å². The van der Waals surface area contributed by atoms with Crippen LogP contribution in [0.4, 0.5) is 15.8 Å². The van der Waals surface area contributed by atoms with Crippen molar-refractivity contribution in [2.45, 2.75) is 33.1 Å². The van der Waals surface area contributed by atoms with E-state index in [1.54, 1.807) is 4.68 Å². The zero-order chi connectivity index (χ0) is 21.3. The van der Waals surface area contributed by atoms with E-state index in [9.17, 15) is 14.0 Å². The normalized spacial score (nSPS) is 13.7. The van der Waals surface area contributed by atoms with E-state index in [2.05, 4.69) is 15.6 Å². The lowest BCUT2D eigenvalue weighted by Gasteiger charge is -2.17. The van der Waals surface area contributed by atoms with Crippen molar-refractivity contribution in [2.24, 2.45) is 0 Å². The summed E-state index contributed by atoms with van der Waals surface area (Å²) in [4.78, 5) is 25.9. The van der Waals surface area contributed by atoms with Crippen LogP contribution in [0.5, 0.6) is 0 Å². The lowest BCUT2D eigenvalue weighted by Crippen LogP contribution is -2.25. The fourth-order valence-electron chi connectivity index (χ4n) is 3.51. The number of carbonyl (C=O) groups excluding carboxylic acids is 2. The summed E-state index contributed by atoms with van der Waals surface area (Å²) in [6.07, 6.45) is 1.14. The second-order valence-electron chi connectivity index (χ2n) is 7.41. The van der Waals surface area contributed by atoms with Gasteiger partial charge in [-0.3, -0.25) is 9.59 Å². The average Bonchev–Trinajstić information content (AvgIpc) is 3.30. The number of benzene rings is 2. The zero-order valence-electron chi connectivity index (χ0n) is 16.9. The molecule has 154 valence electrons. The van der Waals surface area contributed by atoms with E-state index in [1.807, 2.05) is 38.1 Å². The summed E-state index contributed by atoms with van der Waals surface area (Å²) in [7, 11) is 0. The third kappa shape index (κ3) is 3.94. The van der Waals surface area contributed by atoms with Gasteiger partial charge in [0, 0.05) is 18.7 Å². The Balaban J connectivity index is 1.48. The topological polar surface area (TPSA) is 80.1 Å². The molecule has 1 aromatic heterocycles. The van der Waals surface area contributed by atoms with Gasteiger partial charge in [0.25, 0.3) is 0 Å². The molecule has 2 aromatic carbocycles. The van der Waals surface area contributed by atoms with E-state index in [1.165, 1.54) is 23.1 Å². The van der Waals surface area contributed by atoms with Crippen LogP contribution in [-0.4, -0.2) is 33.4 Å². The standard InChI is InChI=1S/C22H22FN5O2/c1-14-5-8-17(9-6-14)28-15(2)19(25-26-28)13-21(29)24-16-7-10-18(23)20(12-16)27-11-3-4-22(27)30/h5-10,12H,3-4,11,13H2,1-2H3,(H,24,29). The molecule has 1 aliphatic heterocycles. The quantitative estimate of drug-likeness (QED) is 0.704. The van der Waals surface area contributed by atoms with E-state index in [4.69, 9.17) is 0 Å². The third-order valence-corrected chi connectivity index (χ3v) is 5.19. The minimum atomic E-state index is -0.486. The Morgan fingerprint density at radius 2 is 1.93 bits per heavy atom. The Morgan fingerprint density at radius 3 is 2.63 bits per heavy atom. The van der Waals surface area contributed by atoms with Crippen molar-refractivity contribution < 1.29 is 14.0 Å².